The molecule has 0 unspecified atom stereocenters. The first-order chi connectivity index (χ1) is 8.25. The monoisotopic (exact) mass is 227 g/mol. The number of aromatic nitrogens is 1. The highest BCUT2D eigenvalue weighted by atomic mass is 16.2. The van der Waals surface area contributed by atoms with Crippen LogP contribution in [0.1, 0.15) is 19.0 Å². The van der Waals surface area contributed by atoms with Gasteiger partial charge in [0.05, 0.1) is 0 Å². The van der Waals surface area contributed by atoms with Crippen molar-refractivity contribution in [1.29, 1.82) is 0 Å². The zero-order valence-electron chi connectivity index (χ0n) is 9.86. The van der Waals surface area contributed by atoms with E-state index >= 15 is 0 Å². The van der Waals surface area contributed by atoms with Gasteiger partial charge in [-0.1, -0.05) is 18.2 Å². The summed E-state index contributed by atoms with van der Waals surface area (Å²) in [4.78, 5) is 17.3. The van der Waals surface area contributed by atoms with Crippen LogP contribution >= 0.6 is 0 Å². The van der Waals surface area contributed by atoms with Crippen LogP contribution in [0.3, 0.4) is 0 Å². The van der Waals surface area contributed by atoms with Crippen molar-refractivity contribution in [2.75, 3.05) is 13.1 Å². The van der Waals surface area contributed by atoms with Gasteiger partial charge in [-0.25, -0.2) is 0 Å². The van der Waals surface area contributed by atoms with Gasteiger partial charge in [0.25, 0.3) is 0 Å². The summed E-state index contributed by atoms with van der Waals surface area (Å²) in [5.74, 6) is 0.962. The zero-order chi connectivity index (χ0) is 11.8. The van der Waals surface area contributed by atoms with Gasteiger partial charge in [0.15, 0.2) is 0 Å². The third kappa shape index (κ3) is 1.71. The van der Waals surface area contributed by atoms with Crippen LogP contribution in [0, 0.1) is 5.92 Å². The van der Waals surface area contributed by atoms with Gasteiger partial charge in [-0.05, 0) is 30.9 Å². The first-order valence-electron chi connectivity index (χ1n) is 5.96. The lowest BCUT2D eigenvalue weighted by molar-refractivity contribution is -0.131. The highest BCUT2D eigenvalue weighted by Gasteiger charge is 2.27. The Labute approximate surface area is 100 Å². The molecule has 1 fully saturated rings. The Balaban J connectivity index is 1.89. The minimum absolute atomic E-state index is 0.155. The lowest BCUT2D eigenvalue weighted by Crippen LogP contribution is -2.44. The van der Waals surface area contributed by atoms with Gasteiger partial charge in [-0.3, -0.25) is 4.79 Å². The third-order valence-corrected chi connectivity index (χ3v) is 3.40. The maximum Gasteiger partial charge on any atom is 0.235 e. The zero-order valence-corrected chi connectivity index (χ0v) is 9.86. The molecule has 2 aromatic rings. The van der Waals surface area contributed by atoms with E-state index in [4.69, 9.17) is 0 Å². The Morgan fingerprint density at radius 3 is 2.71 bits per heavy atom. The van der Waals surface area contributed by atoms with Crippen LogP contribution in [-0.2, 0) is 4.79 Å². The fourth-order valence-corrected chi connectivity index (χ4v) is 2.15. The minimum atomic E-state index is 0.155. The maximum absolute atomic E-state index is 12.1. The SMILES string of the molecule is C[C](C(=O)N1CCC1)c1cc2ccccc2[nH]1. The summed E-state index contributed by atoms with van der Waals surface area (Å²) in [5.41, 5.74) is 2.02. The van der Waals surface area contributed by atoms with Crippen LogP contribution in [-0.4, -0.2) is 28.9 Å². The number of likely N-dealkylation sites (tertiary alicyclic amines) is 1. The predicted molar refractivity (Wildman–Crippen MR) is 67.5 cm³/mol. The molecule has 3 heteroatoms. The summed E-state index contributed by atoms with van der Waals surface area (Å²) in [6.45, 7) is 3.69. The summed E-state index contributed by atoms with van der Waals surface area (Å²) in [6.07, 6.45) is 1.13. The number of rotatable bonds is 2. The van der Waals surface area contributed by atoms with E-state index in [1.54, 1.807) is 0 Å². The number of hydrogen-bond donors (Lipinski definition) is 1. The topological polar surface area (TPSA) is 36.1 Å². The molecule has 0 aliphatic carbocycles. The summed E-state index contributed by atoms with van der Waals surface area (Å²) < 4.78 is 0. The van der Waals surface area contributed by atoms with Crippen molar-refractivity contribution in [1.82, 2.24) is 9.88 Å². The lowest BCUT2D eigenvalue weighted by Gasteiger charge is -2.32. The Kier molecular flexibility index (Phi) is 2.39. The van der Waals surface area contributed by atoms with Crippen LogP contribution in [0.25, 0.3) is 10.9 Å². The molecule has 0 saturated carbocycles. The molecule has 1 saturated heterocycles. The molecule has 3 rings (SSSR count). The van der Waals surface area contributed by atoms with E-state index in [0.717, 1.165) is 42.0 Å². The number of carbonyl (C=O) groups excluding carboxylic acids is 1. The Morgan fingerprint density at radius 1 is 1.29 bits per heavy atom. The normalized spacial score (nSPS) is 15.3. The molecular weight excluding hydrogens is 212 g/mol. The van der Waals surface area contributed by atoms with Gasteiger partial charge < -0.3 is 9.88 Å². The molecule has 1 aromatic carbocycles. The van der Waals surface area contributed by atoms with Crippen molar-refractivity contribution >= 4 is 16.8 Å². The molecule has 1 amide bonds. The summed E-state index contributed by atoms with van der Waals surface area (Å²) in [6, 6.07) is 10.1. The Hall–Kier alpha value is -1.77. The van der Waals surface area contributed by atoms with Crippen molar-refractivity contribution in [3.63, 3.8) is 0 Å². The number of amides is 1. The van der Waals surface area contributed by atoms with Crippen molar-refractivity contribution in [2.24, 2.45) is 0 Å². The molecule has 1 aromatic heterocycles. The molecule has 2 heterocycles. The summed E-state index contributed by atoms with van der Waals surface area (Å²) in [7, 11) is 0. The maximum atomic E-state index is 12.1. The molecule has 17 heavy (non-hydrogen) atoms. The molecule has 1 aliphatic heterocycles. The number of para-hydroxylation sites is 1. The molecule has 87 valence electrons. The average molecular weight is 227 g/mol. The van der Waals surface area contributed by atoms with E-state index in [-0.39, 0.29) is 5.91 Å². The van der Waals surface area contributed by atoms with Crippen molar-refractivity contribution < 1.29 is 4.79 Å². The molecule has 1 radical (unpaired) electrons. The molecular formula is C14H15N2O. The fourth-order valence-electron chi connectivity index (χ4n) is 2.15. The minimum Gasteiger partial charge on any atom is -0.357 e. The van der Waals surface area contributed by atoms with E-state index in [9.17, 15) is 4.79 Å². The van der Waals surface area contributed by atoms with Gasteiger partial charge in [-0.2, -0.15) is 0 Å². The summed E-state index contributed by atoms with van der Waals surface area (Å²) >= 11 is 0. The quantitative estimate of drug-likeness (QED) is 0.840. The first kappa shape index (κ1) is 10.4. The van der Waals surface area contributed by atoms with Crippen molar-refractivity contribution in [3.8, 4) is 0 Å². The first-order valence-corrected chi connectivity index (χ1v) is 5.96. The number of benzene rings is 1. The van der Waals surface area contributed by atoms with Gasteiger partial charge in [0, 0.05) is 24.3 Å². The number of fused-ring (bicyclic) bond motifs is 1. The van der Waals surface area contributed by atoms with Gasteiger partial charge >= 0.3 is 0 Å². The lowest BCUT2D eigenvalue weighted by atomic mass is 10.0. The standard InChI is InChI=1S/C14H15N2O/c1-10(14(17)16-7-4-8-16)13-9-11-5-2-3-6-12(11)15-13/h2-3,5-6,9,15H,4,7-8H2,1H3. The number of H-pyrrole nitrogens is 1. The molecule has 0 atom stereocenters. The smallest absolute Gasteiger partial charge is 0.235 e. The fraction of sp³-hybridized carbons (Fsp3) is 0.286. The second-order valence-corrected chi connectivity index (χ2v) is 4.54. The van der Waals surface area contributed by atoms with Crippen LogP contribution < -0.4 is 0 Å². The second-order valence-electron chi connectivity index (χ2n) is 4.54. The second kappa shape index (κ2) is 3.91. The third-order valence-electron chi connectivity index (χ3n) is 3.40. The van der Waals surface area contributed by atoms with Crippen LogP contribution in [0.4, 0.5) is 0 Å². The molecule has 0 spiro atoms. The Bertz CT molecular complexity index is 521. The average Bonchev–Trinajstić information content (AvgIpc) is 2.68. The number of hydrogen-bond acceptors (Lipinski definition) is 1. The highest BCUT2D eigenvalue weighted by Crippen LogP contribution is 2.23. The Morgan fingerprint density at radius 2 is 2.06 bits per heavy atom. The van der Waals surface area contributed by atoms with E-state index in [2.05, 4.69) is 11.1 Å². The molecule has 0 bridgehead atoms. The molecule has 3 nitrogen and oxygen atoms in total. The van der Waals surface area contributed by atoms with Crippen LogP contribution in [0.5, 0.6) is 0 Å². The van der Waals surface area contributed by atoms with Gasteiger partial charge in [0.2, 0.25) is 5.91 Å². The van der Waals surface area contributed by atoms with E-state index in [0.29, 0.717) is 0 Å². The predicted octanol–water partition coefficient (Wildman–Crippen LogP) is 2.34. The number of aromatic amines is 1. The largest absolute Gasteiger partial charge is 0.357 e. The van der Waals surface area contributed by atoms with E-state index < -0.39 is 0 Å². The van der Waals surface area contributed by atoms with Gasteiger partial charge in [0.1, 0.15) is 5.92 Å². The summed E-state index contributed by atoms with van der Waals surface area (Å²) in [5, 5.41) is 1.15. The van der Waals surface area contributed by atoms with E-state index in [1.807, 2.05) is 36.1 Å². The van der Waals surface area contributed by atoms with Crippen molar-refractivity contribution in [3.05, 3.63) is 41.9 Å². The highest BCUT2D eigenvalue weighted by molar-refractivity contribution is 5.95. The van der Waals surface area contributed by atoms with Crippen molar-refractivity contribution in [2.45, 2.75) is 13.3 Å². The number of nitrogens with one attached hydrogen (secondary N) is 1. The molecule has 1 N–H and O–H groups in total. The van der Waals surface area contributed by atoms with Crippen LogP contribution in [0.15, 0.2) is 30.3 Å². The molecule has 1 aliphatic rings. The van der Waals surface area contributed by atoms with E-state index in [1.165, 1.54) is 0 Å². The number of nitrogens with zero attached hydrogens (tertiary/aromatic N) is 1. The van der Waals surface area contributed by atoms with Gasteiger partial charge in [-0.15, -0.1) is 0 Å². The van der Waals surface area contributed by atoms with Crippen LogP contribution in [0.2, 0.25) is 0 Å². The number of carbonyl (C=O) groups is 1.